The first-order valence-corrected chi connectivity index (χ1v) is 7.60. The van der Waals surface area contributed by atoms with Gasteiger partial charge in [-0.2, -0.15) is 0 Å². The molecule has 0 atom stereocenters. The Labute approximate surface area is 133 Å². The van der Waals surface area contributed by atoms with Crippen LogP contribution < -0.4 is 11.0 Å². The topological polar surface area (TPSA) is 68.9 Å². The maximum absolute atomic E-state index is 12.3. The average Bonchev–Trinajstić information content (AvgIpc) is 2.85. The fourth-order valence-corrected chi connectivity index (χ4v) is 2.71. The van der Waals surface area contributed by atoms with Gasteiger partial charge in [0.25, 0.3) is 5.91 Å². The Morgan fingerprint density at radius 3 is 2.52 bits per heavy atom. The highest BCUT2D eigenvalue weighted by molar-refractivity contribution is 6.04. The second-order valence-electron chi connectivity index (χ2n) is 5.17. The Kier molecular flexibility index (Phi) is 3.97. The van der Waals surface area contributed by atoms with Crippen LogP contribution in [0.25, 0.3) is 11.0 Å². The first-order chi connectivity index (χ1) is 11.2. The molecule has 0 aliphatic rings. The normalized spacial score (nSPS) is 10.9. The standard InChI is InChI=1S/C17H18N4O2/c1-3-20-14-8-7-13(10-15(14)21(4-2)17(20)23)19-16(22)12-6-5-9-18-11-12/h5-11H,3-4H2,1-2H3,(H,19,22). The van der Waals surface area contributed by atoms with E-state index in [1.54, 1.807) is 27.5 Å². The highest BCUT2D eigenvalue weighted by atomic mass is 16.2. The summed E-state index contributed by atoms with van der Waals surface area (Å²) in [6.07, 6.45) is 3.14. The SMILES string of the molecule is CCn1c(=O)n(CC)c2cc(NC(=O)c3cccnc3)ccc21. The van der Waals surface area contributed by atoms with Crippen molar-refractivity contribution in [3.05, 3.63) is 58.8 Å². The van der Waals surface area contributed by atoms with E-state index in [1.807, 2.05) is 32.0 Å². The Balaban J connectivity index is 2.00. The number of hydrogen-bond acceptors (Lipinski definition) is 3. The number of anilines is 1. The van der Waals surface area contributed by atoms with Gasteiger partial charge in [-0.25, -0.2) is 4.79 Å². The molecule has 6 heteroatoms. The van der Waals surface area contributed by atoms with Crippen LogP contribution >= 0.6 is 0 Å². The van der Waals surface area contributed by atoms with Crippen LogP contribution in [-0.2, 0) is 13.1 Å². The predicted molar refractivity (Wildman–Crippen MR) is 89.7 cm³/mol. The van der Waals surface area contributed by atoms with E-state index < -0.39 is 0 Å². The molecule has 118 valence electrons. The van der Waals surface area contributed by atoms with Gasteiger partial charge in [-0.15, -0.1) is 0 Å². The number of fused-ring (bicyclic) bond motifs is 1. The van der Waals surface area contributed by atoms with Gasteiger partial charge in [0.15, 0.2) is 0 Å². The molecule has 0 spiro atoms. The van der Waals surface area contributed by atoms with Gasteiger partial charge in [-0.3, -0.25) is 18.9 Å². The number of nitrogens with zero attached hydrogens (tertiary/aromatic N) is 3. The molecule has 23 heavy (non-hydrogen) atoms. The van der Waals surface area contributed by atoms with E-state index in [9.17, 15) is 9.59 Å². The van der Waals surface area contributed by atoms with Crippen molar-refractivity contribution in [2.24, 2.45) is 0 Å². The lowest BCUT2D eigenvalue weighted by Gasteiger charge is -2.06. The fraction of sp³-hybridized carbons (Fsp3) is 0.235. The summed E-state index contributed by atoms with van der Waals surface area (Å²) in [5, 5.41) is 2.84. The van der Waals surface area contributed by atoms with Gasteiger partial charge in [-0.1, -0.05) is 0 Å². The quantitative estimate of drug-likeness (QED) is 0.805. The van der Waals surface area contributed by atoms with E-state index in [-0.39, 0.29) is 11.6 Å². The van der Waals surface area contributed by atoms with Crippen LogP contribution in [-0.4, -0.2) is 20.0 Å². The number of imidazole rings is 1. The van der Waals surface area contributed by atoms with Crippen LogP contribution in [0.1, 0.15) is 24.2 Å². The van der Waals surface area contributed by atoms with Gasteiger partial charge >= 0.3 is 5.69 Å². The second-order valence-corrected chi connectivity index (χ2v) is 5.17. The minimum atomic E-state index is -0.224. The molecule has 0 radical (unpaired) electrons. The van der Waals surface area contributed by atoms with Gasteiger partial charge in [0, 0.05) is 31.2 Å². The Morgan fingerprint density at radius 1 is 1.13 bits per heavy atom. The molecular formula is C17H18N4O2. The smallest absolute Gasteiger partial charge is 0.322 e. The molecule has 2 heterocycles. The van der Waals surface area contributed by atoms with Crippen molar-refractivity contribution in [1.82, 2.24) is 14.1 Å². The number of amides is 1. The summed E-state index contributed by atoms with van der Waals surface area (Å²) in [5.74, 6) is -0.224. The summed E-state index contributed by atoms with van der Waals surface area (Å²) in [5.41, 5.74) is 2.82. The molecule has 0 fully saturated rings. The van der Waals surface area contributed by atoms with Crippen LogP contribution in [0, 0.1) is 0 Å². The number of carbonyl (C=O) groups is 1. The molecule has 0 saturated heterocycles. The number of aryl methyl sites for hydroxylation is 2. The molecule has 1 aromatic carbocycles. The third-order valence-electron chi connectivity index (χ3n) is 3.83. The van der Waals surface area contributed by atoms with E-state index in [0.29, 0.717) is 24.3 Å². The van der Waals surface area contributed by atoms with E-state index in [4.69, 9.17) is 0 Å². The number of pyridine rings is 1. The van der Waals surface area contributed by atoms with Crippen LogP contribution in [0.3, 0.4) is 0 Å². The van der Waals surface area contributed by atoms with Crippen LogP contribution in [0.15, 0.2) is 47.5 Å². The van der Waals surface area contributed by atoms with Crippen molar-refractivity contribution >= 4 is 22.6 Å². The third kappa shape index (κ3) is 2.63. The van der Waals surface area contributed by atoms with Crippen LogP contribution in [0.2, 0.25) is 0 Å². The number of aromatic nitrogens is 3. The summed E-state index contributed by atoms with van der Waals surface area (Å²) < 4.78 is 3.43. The van der Waals surface area contributed by atoms with Gasteiger partial charge in [0.1, 0.15) is 0 Å². The Hall–Kier alpha value is -2.89. The molecule has 2 aromatic heterocycles. The summed E-state index contributed by atoms with van der Waals surface area (Å²) in [6.45, 7) is 5.08. The third-order valence-corrected chi connectivity index (χ3v) is 3.83. The Morgan fingerprint density at radius 2 is 1.87 bits per heavy atom. The molecule has 0 saturated carbocycles. The largest absolute Gasteiger partial charge is 0.329 e. The van der Waals surface area contributed by atoms with Crippen molar-refractivity contribution in [2.75, 3.05) is 5.32 Å². The van der Waals surface area contributed by atoms with Crippen molar-refractivity contribution in [3.63, 3.8) is 0 Å². The molecule has 0 aliphatic heterocycles. The van der Waals surface area contributed by atoms with Crippen molar-refractivity contribution in [2.45, 2.75) is 26.9 Å². The zero-order valence-electron chi connectivity index (χ0n) is 13.1. The summed E-state index contributed by atoms with van der Waals surface area (Å²) >= 11 is 0. The molecule has 0 aliphatic carbocycles. The van der Waals surface area contributed by atoms with Gasteiger partial charge < -0.3 is 5.32 Å². The van der Waals surface area contributed by atoms with Gasteiger partial charge in [-0.05, 0) is 44.2 Å². The molecule has 3 rings (SSSR count). The van der Waals surface area contributed by atoms with E-state index in [0.717, 1.165) is 11.0 Å². The monoisotopic (exact) mass is 310 g/mol. The number of hydrogen-bond donors (Lipinski definition) is 1. The maximum atomic E-state index is 12.3. The molecular weight excluding hydrogens is 292 g/mol. The number of nitrogens with one attached hydrogen (secondary N) is 1. The van der Waals surface area contributed by atoms with Crippen LogP contribution in [0.4, 0.5) is 5.69 Å². The van der Waals surface area contributed by atoms with Crippen molar-refractivity contribution in [3.8, 4) is 0 Å². The van der Waals surface area contributed by atoms with E-state index >= 15 is 0 Å². The first-order valence-electron chi connectivity index (χ1n) is 7.60. The lowest BCUT2D eigenvalue weighted by molar-refractivity contribution is 0.102. The minimum Gasteiger partial charge on any atom is -0.322 e. The zero-order chi connectivity index (χ0) is 16.4. The number of carbonyl (C=O) groups excluding carboxylic acids is 1. The van der Waals surface area contributed by atoms with E-state index in [2.05, 4.69) is 10.3 Å². The molecule has 1 N–H and O–H groups in total. The highest BCUT2D eigenvalue weighted by Crippen LogP contribution is 2.19. The lowest BCUT2D eigenvalue weighted by atomic mass is 10.2. The summed E-state index contributed by atoms with van der Waals surface area (Å²) in [4.78, 5) is 28.5. The van der Waals surface area contributed by atoms with Crippen molar-refractivity contribution in [1.29, 1.82) is 0 Å². The fourth-order valence-electron chi connectivity index (χ4n) is 2.71. The Bertz CT molecular complexity index is 909. The van der Waals surface area contributed by atoms with E-state index in [1.165, 1.54) is 6.20 Å². The van der Waals surface area contributed by atoms with Crippen molar-refractivity contribution < 1.29 is 4.79 Å². The average molecular weight is 310 g/mol. The summed E-state index contributed by atoms with van der Waals surface area (Å²) in [6, 6.07) is 8.93. The highest BCUT2D eigenvalue weighted by Gasteiger charge is 2.12. The summed E-state index contributed by atoms with van der Waals surface area (Å²) in [7, 11) is 0. The predicted octanol–water partition coefficient (Wildman–Crippen LogP) is 2.49. The minimum absolute atomic E-state index is 0.0271. The maximum Gasteiger partial charge on any atom is 0.329 e. The molecule has 3 aromatic rings. The number of benzene rings is 1. The van der Waals surface area contributed by atoms with Gasteiger partial charge in [0.2, 0.25) is 0 Å². The molecule has 1 amide bonds. The lowest BCUT2D eigenvalue weighted by Crippen LogP contribution is -2.23. The molecule has 0 unspecified atom stereocenters. The first kappa shape index (κ1) is 15.0. The second kappa shape index (κ2) is 6.08. The number of rotatable bonds is 4. The van der Waals surface area contributed by atoms with Gasteiger partial charge in [0.05, 0.1) is 16.6 Å². The molecule has 0 bridgehead atoms. The zero-order valence-corrected chi connectivity index (χ0v) is 13.1. The molecule has 6 nitrogen and oxygen atoms in total. The van der Waals surface area contributed by atoms with Crippen LogP contribution in [0.5, 0.6) is 0 Å².